The highest BCUT2D eigenvalue weighted by Gasteiger charge is 2.10. The Balaban J connectivity index is 2.26. The summed E-state index contributed by atoms with van der Waals surface area (Å²) in [6.07, 6.45) is 1.61. The molecule has 19 heavy (non-hydrogen) atoms. The Morgan fingerprint density at radius 2 is 2.11 bits per heavy atom. The van der Waals surface area contributed by atoms with Crippen LogP contribution < -0.4 is 10.1 Å². The first-order valence-electron chi connectivity index (χ1n) is 5.67. The Kier molecular flexibility index (Phi) is 4.16. The Labute approximate surface area is 119 Å². The molecule has 1 amide bonds. The molecule has 5 heteroatoms. The fraction of sp³-hybridized carbons (Fsp3) is 0.143. The number of benzene rings is 1. The van der Waals surface area contributed by atoms with Gasteiger partial charge in [-0.05, 0) is 37.3 Å². The van der Waals surface area contributed by atoms with Gasteiger partial charge in [-0.15, -0.1) is 0 Å². The summed E-state index contributed by atoms with van der Waals surface area (Å²) in [6, 6.07) is 8.85. The van der Waals surface area contributed by atoms with Crippen molar-refractivity contribution in [1.29, 1.82) is 0 Å². The number of methoxy groups -OCH3 is 1. The number of hydrogen-bond acceptors (Lipinski definition) is 3. The molecule has 4 nitrogen and oxygen atoms in total. The number of ether oxygens (including phenoxy) is 1. The van der Waals surface area contributed by atoms with Gasteiger partial charge in [-0.3, -0.25) is 9.78 Å². The van der Waals surface area contributed by atoms with Crippen LogP contribution in [0.2, 0.25) is 0 Å². The van der Waals surface area contributed by atoms with Gasteiger partial charge in [0.25, 0.3) is 5.91 Å². The monoisotopic (exact) mass is 320 g/mol. The molecule has 1 heterocycles. The van der Waals surface area contributed by atoms with Gasteiger partial charge in [0.2, 0.25) is 0 Å². The van der Waals surface area contributed by atoms with E-state index in [-0.39, 0.29) is 5.91 Å². The number of hydrogen-bond donors (Lipinski definition) is 1. The van der Waals surface area contributed by atoms with E-state index in [1.807, 2.05) is 13.0 Å². The van der Waals surface area contributed by atoms with Crippen LogP contribution in [0, 0.1) is 6.92 Å². The van der Waals surface area contributed by atoms with Gasteiger partial charge < -0.3 is 10.1 Å². The average molecular weight is 321 g/mol. The molecule has 0 bridgehead atoms. The fourth-order valence-corrected chi connectivity index (χ4v) is 2.02. The third-order valence-corrected chi connectivity index (χ3v) is 3.06. The minimum absolute atomic E-state index is 0.193. The number of nitrogens with zero attached hydrogens (tertiary/aromatic N) is 1. The number of aromatic nitrogens is 1. The maximum absolute atomic E-state index is 12.1. The number of halogens is 1. The summed E-state index contributed by atoms with van der Waals surface area (Å²) in [5.74, 6) is 0.421. The maximum atomic E-state index is 12.1. The summed E-state index contributed by atoms with van der Waals surface area (Å²) >= 11 is 3.37. The SMILES string of the molecule is COc1ccc(Br)cc1NC(=O)c1ccnc(C)c1. The number of carbonyl (C=O) groups excluding carboxylic acids is 1. The molecule has 0 aliphatic heterocycles. The lowest BCUT2D eigenvalue weighted by Crippen LogP contribution is -2.13. The van der Waals surface area contributed by atoms with E-state index in [1.54, 1.807) is 37.6 Å². The van der Waals surface area contributed by atoms with Crippen molar-refractivity contribution in [2.75, 3.05) is 12.4 Å². The van der Waals surface area contributed by atoms with E-state index < -0.39 is 0 Å². The topological polar surface area (TPSA) is 51.2 Å². The van der Waals surface area contributed by atoms with Gasteiger partial charge in [0.05, 0.1) is 12.8 Å². The molecule has 1 aromatic heterocycles. The Bertz CT molecular complexity index is 614. The van der Waals surface area contributed by atoms with Crippen LogP contribution in [0.5, 0.6) is 5.75 Å². The number of aryl methyl sites for hydroxylation is 1. The summed E-state index contributed by atoms with van der Waals surface area (Å²) in [5, 5.41) is 2.82. The standard InChI is InChI=1S/C14H13BrN2O2/c1-9-7-10(5-6-16-9)14(18)17-12-8-11(15)3-4-13(12)19-2/h3-8H,1-2H3,(H,17,18). The molecule has 0 saturated carbocycles. The lowest BCUT2D eigenvalue weighted by atomic mass is 10.2. The van der Waals surface area contributed by atoms with Gasteiger partial charge in [0, 0.05) is 21.9 Å². The third-order valence-electron chi connectivity index (χ3n) is 2.57. The molecule has 0 saturated heterocycles. The third kappa shape index (κ3) is 3.32. The Hall–Kier alpha value is -1.88. The van der Waals surface area contributed by atoms with E-state index in [2.05, 4.69) is 26.2 Å². The van der Waals surface area contributed by atoms with Crippen LogP contribution in [0.15, 0.2) is 41.0 Å². The summed E-state index contributed by atoms with van der Waals surface area (Å²) in [4.78, 5) is 16.2. The van der Waals surface area contributed by atoms with Gasteiger partial charge in [-0.25, -0.2) is 0 Å². The van der Waals surface area contributed by atoms with Crippen LogP contribution in [0.25, 0.3) is 0 Å². The molecule has 0 atom stereocenters. The first-order valence-corrected chi connectivity index (χ1v) is 6.47. The molecule has 0 spiro atoms. The van der Waals surface area contributed by atoms with Crippen LogP contribution in [-0.4, -0.2) is 18.0 Å². The predicted molar refractivity (Wildman–Crippen MR) is 77.6 cm³/mol. The summed E-state index contributed by atoms with van der Waals surface area (Å²) in [7, 11) is 1.56. The number of rotatable bonds is 3. The van der Waals surface area contributed by atoms with Crippen molar-refractivity contribution in [2.45, 2.75) is 6.92 Å². The van der Waals surface area contributed by atoms with E-state index in [9.17, 15) is 4.79 Å². The van der Waals surface area contributed by atoms with E-state index in [0.29, 0.717) is 17.0 Å². The van der Waals surface area contributed by atoms with Crippen molar-refractivity contribution in [3.05, 3.63) is 52.3 Å². The highest BCUT2D eigenvalue weighted by atomic mass is 79.9. The lowest BCUT2D eigenvalue weighted by molar-refractivity contribution is 0.102. The predicted octanol–water partition coefficient (Wildman–Crippen LogP) is 3.41. The molecule has 0 fully saturated rings. The van der Waals surface area contributed by atoms with E-state index >= 15 is 0 Å². The second kappa shape index (κ2) is 5.84. The lowest BCUT2D eigenvalue weighted by Gasteiger charge is -2.10. The molecular formula is C14H13BrN2O2. The minimum atomic E-state index is -0.193. The van der Waals surface area contributed by atoms with Crippen molar-refractivity contribution >= 4 is 27.5 Å². The Morgan fingerprint density at radius 3 is 2.79 bits per heavy atom. The minimum Gasteiger partial charge on any atom is -0.495 e. The molecule has 0 unspecified atom stereocenters. The average Bonchev–Trinajstić information content (AvgIpc) is 2.39. The van der Waals surface area contributed by atoms with Crippen LogP contribution in [0.1, 0.15) is 16.1 Å². The van der Waals surface area contributed by atoms with Gasteiger partial charge in [0.15, 0.2) is 0 Å². The highest BCUT2D eigenvalue weighted by Crippen LogP contribution is 2.28. The molecule has 0 radical (unpaired) electrons. The molecule has 1 N–H and O–H groups in total. The quantitative estimate of drug-likeness (QED) is 0.942. The van der Waals surface area contributed by atoms with Gasteiger partial charge in [-0.2, -0.15) is 0 Å². The summed E-state index contributed by atoms with van der Waals surface area (Å²) < 4.78 is 6.08. The second-order valence-electron chi connectivity index (χ2n) is 3.98. The van der Waals surface area contributed by atoms with Crippen LogP contribution in [0.3, 0.4) is 0 Å². The van der Waals surface area contributed by atoms with E-state index in [4.69, 9.17) is 4.74 Å². The highest BCUT2D eigenvalue weighted by molar-refractivity contribution is 9.10. The maximum Gasteiger partial charge on any atom is 0.255 e. The number of anilines is 1. The molecule has 2 rings (SSSR count). The van der Waals surface area contributed by atoms with Crippen molar-refractivity contribution < 1.29 is 9.53 Å². The normalized spacial score (nSPS) is 10.1. The van der Waals surface area contributed by atoms with Gasteiger partial charge in [0.1, 0.15) is 5.75 Å². The smallest absolute Gasteiger partial charge is 0.255 e. The number of nitrogens with one attached hydrogen (secondary N) is 1. The summed E-state index contributed by atoms with van der Waals surface area (Å²) in [6.45, 7) is 1.84. The number of amides is 1. The molecule has 2 aromatic rings. The fourth-order valence-electron chi connectivity index (χ4n) is 1.66. The molecule has 0 aliphatic rings. The van der Waals surface area contributed by atoms with Crippen molar-refractivity contribution in [1.82, 2.24) is 4.98 Å². The molecular weight excluding hydrogens is 308 g/mol. The largest absolute Gasteiger partial charge is 0.495 e. The van der Waals surface area contributed by atoms with Gasteiger partial charge in [-0.1, -0.05) is 15.9 Å². The second-order valence-corrected chi connectivity index (χ2v) is 4.90. The zero-order valence-electron chi connectivity index (χ0n) is 10.6. The Morgan fingerprint density at radius 1 is 1.32 bits per heavy atom. The van der Waals surface area contributed by atoms with Crippen LogP contribution in [0.4, 0.5) is 5.69 Å². The zero-order chi connectivity index (χ0) is 13.8. The number of carbonyl (C=O) groups is 1. The molecule has 0 aliphatic carbocycles. The van der Waals surface area contributed by atoms with Crippen molar-refractivity contribution in [2.24, 2.45) is 0 Å². The van der Waals surface area contributed by atoms with Crippen molar-refractivity contribution in [3.63, 3.8) is 0 Å². The number of pyridine rings is 1. The van der Waals surface area contributed by atoms with E-state index in [1.165, 1.54) is 0 Å². The summed E-state index contributed by atoms with van der Waals surface area (Å²) in [5.41, 5.74) is 1.99. The molecule has 98 valence electrons. The van der Waals surface area contributed by atoms with Crippen molar-refractivity contribution in [3.8, 4) is 5.75 Å². The first-order chi connectivity index (χ1) is 9.10. The van der Waals surface area contributed by atoms with Gasteiger partial charge >= 0.3 is 0 Å². The molecule has 1 aromatic carbocycles. The van der Waals surface area contributed by atoms with E-state index in [0.717, 1.165) is 10.2 Å². The zero-order valence-corrected chi connectivity index (χ0v) is 12.2. The first kappa shape index (κ1) is 13.5. The van der Waals surface area contributed by atoms with Crippen LogP contribution in [-0.2, 0) is 0 Å². The van der Waals surface area contributed by atoms with Crippen LogP contribution >= 0.6 is 15.9 Å².